The average molecular weight is 416 g/mol. The number of furan rings is 1. The van der Waals surface area contributed by atoms with E-state index >= 15 is 0 Å². The van der Waals surface area contributed by atoms with Gasteiger partial charge < -0.3 is 9.15 Å². The van der Waals surface area contributed by atoms with Gasteiger partial charge in [0.05, 0.1) is 11.1 Å². The van der Waals surface area contributed by atoms with Gasteiger partial charge in [0.2, 0.25) is 0 Å². The Hall–Kier alpha value is -3.75. The van der Waals surface area contributed by atoms with Crippen molar-refractivity contribution in [2.24, 2.45) is 0 Å². The Balaban J connectivity index is 0.000000225. The fourth-order valence-corrected chi connectivity index (χ4v) is 2.90. The SMILES string of the molecule is O=Cc1ccc(-c2cc3c(C(F)(F)F)ncnc3cc2F)o1.c1cc2ccc1CO2. The second kappa shape index (κ2) is 7.58. The van der Waals surface area contributed by atoms with Crippen molar-refractivity contribution in [2.75, 3.05) is 0 Å². The first-order chi connectivity index (χ1) is 14.3. The van der Waals surface area contributed by atoms with Crippen molar-refractivity contribution < 1.29 is 31.5 Å². The molecule has 0 saturated heterocycles. The molecule has 2 aliphatic heterocycles. The van der Waals surface area contributed by atoms with Gasteiger partial charge in [-0.05, 0) is 35.9 Å². The molecular formula is C21H12F4N2O3. The number of carbonyl (C=O) groups is 1. The quantitative estimate of drug-likeness (QED) is 0.322. The topological polar surface area (TPSA) is 65.2 Å². The van der Waals surface area contributed by atoms with Crippen molar-refractivity contribution in [3.63, 3.8) is 0 Å². The van der Waals surface area contributed by atoms with Crippen molar-refractivity contribution in [3.05, 3.63) is 77.7 Å². The number of hydrogen-bond donors (Lipinski definition) is 0. The number of hydrogen-bond acceptors (Lipinski definition) is 5. The van der Waals surface area contributed by atoms with Crippen LogP contribution in [0.4, 0.5) is 17.6 Å². The fourth-order valence-electron chi connectivity index (χ4n) is 2.90. The molecule has 0 fully saturated rings. The zero-order valence-electron chi connectivity index (χ0n) is 15.1. The third kappa shape index (κ3) is 3.86. The van der Waals surface area contributed by atoms with Gasteiger partial charge in [-0.25, -0.2) is 14.4 Å². The third-order valence-corrected chi connectivity index (χ3v) is 4.33. The van der Waals surface area contributed by atoms with E-state index in [0.29, 0.717) is 6.29 Å². The monoisotopic (exact) mass is 416 g/mol. The zero-order chi connectivity index (χ0) is 21.3. The Kier molecular flexibility index (Phi) is 4.94. The lowest BCUT2D eigenvalue weighted by molar-refractivity contribution is -0.139. The van der Waals surface area contributed by atoms with Crippen molar-refractivity contribution in [1.82, 2.24) is 9.97 Å². The van der Waals surface area contributed by atoms with E-state index in [2.05, 4.69) is 22.1 Å². The molecule has 2 aliphatic rings. The predicted molar refractivity (Wildman–Crippen MR) is 98.4 cm³/mol. The lowest BCUT2D eigenvalue weighted by atomic mass is 10.1. The Morgan fingerprint density at radius 1 is 1.00 bits per heavy atom. The summed E-state index contributed by atoms with van der Waals surface area (Å²) < 4.78 is 63.2. The molecule has 6 rings (SSSR count). The van der Waals surface area contributed by atoms with Crippen molar-refractivity contribution in [1.29, 1.82) is 0 Å². The van der Waals surface area contributed by atoms with E-state index in [1.54, 1.807) is 0 Å². The number of ether oxygens (including phenoxy) is 1. The molecule has 0 spiro atoms. The minimum atomic E-state index is -4.70. The van der Waals surface area contributed by atoms with Gasteiger partial charge in [0.15, 0.2) is 17.7 Å². The summed E-state index contributed by atoms with van der Waals surface area (Å²) in [6.45, 7) is 0.766. The number of alkyl halides is 3. The molecule has 9 heteroatoms. The maximum atomic E-state index is 14.1. The molecule has 5 nitrogen and oxygen atoms in total. The first-order valence-corrected chi connectivity index (χ1v) is 8.64. The maximum absolute atomic E-state index is 14.1. The first-order valence-electron chi connectivity index (χ1n) is 8.64. The third-order valence-electron chi connectivity index (χ3n) is 4.33. The first kappa shape index (κ1) is 19.6. The molecule has 30 heavy (non-hydrogen) atoms. The summed E-state index contributed by atoms with van der Waals surface area (Å²) in [4.78, 5) is 17.4. The van der Waals surface area contributed by atoms with E-state index in [-0.39, 0.29) is 28.0 Å². The van der Waals surface area contributed by atoms with E-state index in [9.17, 15) is 22.4 Å². The number of aldehydes is 1. The highest BCUT2D eigenvalue weighted by Crippen LogP contribution is 2.35. The Bertz CT molecular complexity index is 1190. The molecule has 0 unspecified atom stereocenters. The van der Waals surface area contributed by atoms with Crippen LogP contribution in [0.5, 0.6) is 5.75 Å². The molecule has 4 aromatic rings. The molecule has 0 aliphatic carbocycles. The Morgan fingerprint density at radius 3 is 2.27 bits per heavy atom. The number of fused-ring (bicyclic) bond motifs is 4. The van der Waals surface area contributed by atoms with Crippen LogP contribution >= 0.6 is 0 Å². The van der Waals surface area contributed by atoms with Crippen LogP contribution in [0.1, 0.15) is 21.8 Å². The minimum Gasteiger partial charge on any atom is -0.489 e. The fraction of sp³-hybridized carbons (Fsp3) is 0.0952. The van der Waals surface area contributed by atoms with Gasteiger partial charge in [-0.2, -0.15) is 13.2 Å². The van der Waals surface area contributed by atoms with Gasteiger partial charge >= 0.3 is 6.18 Å². The number of carbonyl (C=O) groups excluding carboxylic acids is 1. The second-order valence-electron chi connectivity index (χ2n) is 6.32. The van der Waals surface area contributed by atoms with Gasteiger partial charge in [-0.3, -0.25) is 4.79 Å². The molecule has 0 radical (unpaired) electrons. The van der Waals surface area contributed by atoms with Crippen LogP contribution in [0.3, 0.4) is 0 Å². The highest BCUT2D eigenvalue weighted by molar-refractivity contribution is 5.86. The highest BCUT2D eigenvalue weighted by Gasteiger charge is 2.35. The number of aromatic nitrogens is 2. The summed E-state index contributed by atoms with van der Waals surface area (Å²) in [7, 11) is 0. The van der Waals surface area contributed by atoms with E-state index < -0.39 is 17.7 Å². The van der Waals surface area contributed by atoms with Gasteiger partial charge in [0, 0.05) is 11.5 Å². The summed E-state index contributed by atoms with van der Waals surface area (Å²) in [6, 6.07) is 12.5. The van der Waals surface area contributed by atoms with Crippen LogP contribution in [0.2, 0.25) is 0 Å². The van der Waals surface area contributed by atoms with Crippen LogP contribution in [0.25, 0.3) is 22.2 Å². The highest BCUT2D eigenvalue weighted by atomic mass is 19.4. The van der Waals surface area contributed by atoms with Gasteiger partial charge in [0.25, 0.3) is 0 Å². The number of benzene rings is 2. The number of nitrogens with zero attached hydrogens (tertiary/aromatic N) is 2. The lowest BCUT2D eigenvalue weighted by Crippen LogP contribution is -2.09. The Labute approximate surface area is 166 Å². The summed E-state index contributed by atoms with van der Waals surface area (Å²) in [5, 5.41) is -0.351. The van der Waals surface area contributed by atoms with Crippen LogP contribution in [0.15, 0.2) is 59.3 Å². The van der Waals surface area contributed by atoms with Gasteiger partial charge in [-0.1, -0.05) is 12.1 Å². The zero-order valence-corrected chi connectivity index (χ0v) is 15.1. The van der Waals surface area contributed by atoms with Crippen LogP contribution in [-0.2, 0) is 12.8 Å². The molecule has 4 heterocycles. The van der Waals surface area contributed by atoms with E-state index in [1.807, 2.05) is 12.1 Å². The largest absolute Gasteiger partial charge is 0.489 e. The molecular weight excluding hydrogens is 404 g/mol. The van der Waals surface area contributed by atoms with Gasteiger partial charge in [-0.15, -0.1) is 0 Å². The molecule has 2 aromatic carbocycles. The second-order valence-corrected chi connectivity index (χ2v) is 6.32. The molecule has 0 saturated carbocycles. The van der Waals surface area contributed by atoms with Crippen molar-refractivity contribution in [2.45, 2.75) is 12.8 Å². The summed E-state index contributed by atoms with van der Waals surface area (Å²) >= 11 is 0. The number of rotatable bonds is 2. The summed E-state index contributed by atoms with van der Waals surface area (Å²) in [5.41, 5.74) is -0.285. The van der Waals surface area contributed by atoms with Crippen molar-refractivity contribution >= 4 is 17.2 Å². The van der Waals surface area contributed by atoms with Gasteiger partial charge in [0.1, 0.15) is 30.3 Å². The predicted octanol–water partition coefficient (Wildman–Crippen LogP) is 5.44. The van der Waals surface area contributed by atoms with E-state index in [1.165, 1.54) is 17.7 Å². The summed E-state index contributed by atoms with van der Waals surface area (Å²) in [5.74, 6) is 0.0551. The van der Waals surface area contributed by atoms with E-state index in [0.717, 1.165) is 30.8 Å². The number of halogens is 4. The molecule has 0 amide bonds. The van der Waals surface area contributed by atoms with E-state index in [4.69, 9.17) is 9.15 Å². The maximum Gasteiger partial charge on any atom is 0.434 e. The summed E-state index contributed by atoms with van der Waals surface area (Å²) in [6.07, 6.45) is -3.57. The van der Waals surface area contributed by atoms with Crippen LogP contribution in [-0.4, -0.2) is 16.3 Å². The van der Waals surface area contributed by atoms with Crippen LogP contribution in [0, 0.1) is 5.82 Å². The average Bonchev–Trinajstić information content (AvgIpc) is 3.23. The minimum absolute atomic E-state index is 0.0570. The lowest BCUT2D eigenvalue weighted by Gasteiger charge is -2.11. The van der Waals surface area contributed by atoms with Crippen molar-refractivity contribution in [3.8, 4) is 17.1 Å². The standard InChI is InChI=1S/C14H6F4N2O2.C7H6O/c15-10-4-11-9(13(14(16,17)18)20-6-19-11)3-8(10)12-2-1-7(5-21)22-12;1-3-7-4-2-6(1)5-8-7/h1-6H;1-4H,5H2. The Morgan fingerprint density at radius 2 is 1.77 bits per heavy atom. The van der Waals surface area contributed by atoms with Crippen LogP contribution < -0.4 is 4.74 Å². The molecule has 0 atom stereocenters. The molecule has 152 valence electrons. The molecule has 0 N–H and O–H groups in total. The smallest absolute Gasteiger partial charge is 0.434 e. The normalized spacial score (nSPS) is 12.3. The molecule has 2 bridgehead atoms. The molecule has 2 aromatic heterocycles.